The van der Waals surface area contributed by atoms with E-state index in [1.807, 2.05) is 25.4 Å². The van der Waals surface area contributed by atoms with Gasteiger partial charge < -0.3 is 9.32 Å². The fourth-order valence-corrected chi connectivity index (χ4v) is 3.75. The fourth-order valence-electron chi connectivity index (χ4n) is 3.75. The van der Waals surface area contributed by atoms with Crippen molar-refractivity contribution >= 4 is 5.69 Å². The molecular weight excluding hydrogens is 338 g/mol. The van der Waals surface area contributed by atoms with Crippen LogP contribution in [0.15, 0.2) is 53.2 Å². The normalized spacial score (nSPS) is 15.4. The first-order chi connectivity index (χ1) is 13.2. The molecule has 1 aromatic carbocycles. The number of hydrogen-bond acceptors (Lipinski definition) is 6. The Morgan fingerprint density at radius 2 is 1.89 bits per heavy atom. The van der Waals surface area contributed by atoms with E-state index in [0.29, 0.717) is 17.8 Å². The second kappa shape index (κ2) is 7.88. The highest BCUT2D eigenvalue weighted by Crippen LogP contribution is 2.24. The summed E-state index contributed by atoms with van der Waals surface area (Å²) in [6.45, 7) is 4.90. The summed E-state index contributed by atoms with van der Waals surface area (Å²) in [5.41, 5.74) is 3.52. The predicted octanol–water partition coefficient (Wildman–Crippen LogP) is 3.54. The lowest BCUT2D eigenvalue weighted by Gasteiger charge is -2.38. The monoisotopic (exact) mass is 363 g/mol. The summed E-state index contributed by atoms with van der Waals surface area (Å²) in [5.74, 6) is 1.18. The van der Waals surface area contributed by atoms with Crippen LogP contribution in [0.5, 0.6) is 0 Å². The number of rotatable bonds is 5. The number of benzene rings is 1. The fraction of sp³-hybridized carbons (Fsp3) is 0.381. The third-order valence-electron chi connectivity index (χ3n) is 5.25. The van der Waals surface area contributed by atoms with Crippen LogP contribution in [0.2, 0.25) is 0 Å². The average Bonchev–Trinajstić information content (AvgIpc) is 3.15. The van der Waals surface area contributed by atoms with Crippen molar-refractivity contribution in [2.45, 2.75) is 32.4 Å². The van der Waals surface area contributed by atoms with Crippen molar-refractivity contribution in [2.24, 2.45) is 0 Å². The van der Waals surface area contributed by atoms with Crippen LogP contribution in [-0.4, -0.2) is 46.3 Å². The van der Waals surface area contributed by atoms with E-state index in [-0.39, 0.29) is 0 Å². The minimum Gasteiger partial charge on any atom is -0.421 e. The van der Waals surface area contributed by atoms with Crippen LogP contribution in [0.3, 0.4) is 0 Å². The summed E-state index contributed by atoms with van der Waals surface area (Å²) in [6.07, 6.45) is 6.07. The molecule has 0 N–H and O–H groups in total. The van der Waals surface area contributed by atoms with Crippen LogP contribution in [0.4, 0.5) is 5.69 Å². The summed E-state index contributed by atoms with van der Waals surface area (Å²) in [6, 6.07) is 13.2. The quantitative estimate of drug-likeness (QED) is 0.691. The Balaban J connectivity index is 1.36. The van der Waals surface area contributed by atoms with Crippen LogP contribution in [0.25, 0.3) is 11.5 Å². The van der Waals surface area contributed by atoms with Gasteiger partial charge in [-0.2, -0.15) is 0 Å². The number of aromatic nitrogens is 3. The molecule has 1 saturated heterocycles. The van der Waals surface area contributed by atoms with E-state index < -0.39 is 0 Å². The molecule has 0 unspecified atom stereocenters. The van der Waals surface area contributed by atoms with Crippen LogP contribution in [0, 0.1) is 6.92 Å². The highest BCUT2D eigenvalue weighted by molar-refractivity contribution is 5.53. The molecule has 1 aliphatic rings. The van der Waals surface area contributed by atoms with Crippen molar-refractivity contribution in [3.63, 3.8) is 0 Å². The van der Waals surface area contributed by atoms with E-state index in [1.165, 1.54) is 24.1 Å². The number of nitrogens with zero attached hydrogens (tertiary/aromatic N) is 5. The third kappa shape index (κ3) is 4.17. The summed E-state index contributed by atoms with van der Waals surface area (Å²) in [4.78, 5) is 9.02. The Morgan fingerprint density at radius 1 is 1.11 bits per heavy atom. The highest BCUT2D eigenvalue weighted by atomic mass is 16.4. The van der Waals surface area contributed by atoms with Crippen molar-refractivity contribution in [2.75, 3.05) is 25.0 Å². The van der Waals surface area contributed by atoms with Crippen molar-refractivity contribution in [3.8, 4) is 11.5 Å². The van der Waals surface area contributed by atoms with Crippen molar-refractivity contribution in [1.29, 1.82) is 0 Å². The van der Waals surface area contributed by atoms with Crippen LogP contribution in [0.1, 0.15) is 24.3 Å². The number of piperidine rings is 1. The van der Waals surface area contributed by atoms with Gasteiger partial charge in [0.15, 0.2) is 0 Å². The molecule has 0 atom stereocenters. The van der Waals surface area contributed by atoms with Crippen molar-refractivity contribution < 1.29 is 4.42 Å². The zero-order valence-corrected chi connectivity index (χ0v) is 15.9. The first-order valence-corrected chi connectivity index (χ1v) is 9.43. The molecule has 140 valence electrons. The minimum absolute atomic E-state index is 0.586. The lowest BCUT2D eigenvalue weighted by molar-refractivity contribution is 0.200. The molecule has 0 aliphatic carbocycles. The summed E-state index contributed by atoms with van der Waals surface area (Å²) in [5, 5.41) is 8.05. The molecule has 6 nitrogen and oxygen atoms in total. The topological polar surface area (TPSA) is 58.3 Å². The Labute approximate surface area is 159 Å². The summed E-state index contributed by atoms with van der Waals surface area (Å²) < 4.78 is 5.55. The van der Waals surface area contributed by atoms with Gasteiger partial charge in [-0.3, -0.25) is 9.88 Å². The molecular formula is C21H25N5O. The molecule has 0 bridgehead atoms. The van der Waals surface area contributed by atoms with Crippen LogP contribution < -0.4 is 4.90 Å². The van der Waals surface area contributed by atoms with E-state index in [9.17, 15) is 0 Å². The SMILES string of the molecule is Cc1nnc(-c2cccc(CN(C)C3CCN(c4ccncc4)CC3)c2)o1. The summed E-state index contributed by atoms with van der Waals surface area (Å²) in [7, 11) is 2.22. The number of anilines is 1. The van der Waals surface area contributed by atoms with Gasteiger partial charge in [0.1, 0.15) is 0 Å². The molecule has 4 rings (SSSR count). The molecule has 0 spiro atoms. The minimum atomic E-state index is 0.586. The molecule has 1 fully saturated rings. The molecule has 6 heteroatoms. The molecule has 2 aromatic heterocycles. The Bertz CT molecular complexity index is 871. The van der Waals surface area contributed by atoms with E-state index in [1.54, 1.807) is 0 Å². The molecule has 0 saturated carbocycles. The van der Waals surface area contributed by atoms with Gasteiger partial charge in [-0.05, 0) is 49.7 Å². The van der Waals surface area contributed by atoms with Gasteiger partial charge >= 0.3 is 0 Å². The number of pyridine rings is 1. The van der Waals surface area contributed by atoms with Gasteiger partial charge in [0.2, 0.25) is 11.8 Å². The Morgan fingerprint density at radius 3 is 2.59 bits per heavy atom. The van der Waals surface area contributed by atoms with Crippen LogP contribution >= 0.6 is 0 Å². The lowest BCUT2D eigenvalue weighted by Crippen LogP contribution is -2.43. The van der Waals surface area contributed by atoms with Gasteiger partial charge in [-0.1, -0.05) is 12.1 Å². The second-order valence-corrected chi connectivity index (χ2v) is 7.17. The maximum absolute atomic E-state index is 5.55. The zero-order valence-electron chi connectivity index (χ0n) is 15.9. The largest absolute Gasteiger partial charge is 0.421 e. The lowest BCUT2D eigenvalue weighted by atomic mass is 10.0. The molecule has 0 amide bonds. The molecule has 0 radical (unpaired) electrons. The van der Waals surface area contributed by atoms with Gasteiger partial charge in [0, 0.05) is 56.2 Å². The van der Waals surface area contributed by atoms with Gasteiger partial charge in [-0.25, -0.2) is 0 Å². The molecule has 1 aliphatic heterocycles. The highest BCUT2D eigenvalue weighted by Gasteiger charge is 2.22. The maximum Gasteiger partial charge on any atom is 0.247 e. The molecule has 3 aromatic rings. The Hall–Kier alpha value is -2.73. The third-order valence-corrected chi connectivity index (χ3v) is 5.25. The maximum atomic E-state index is 5.55. The number of hydrogen-bond donors (Lipinski definition) is 0. The zero-order chi connectivity index (χ0) is 18.6. The molecule has 3 heterocycles. The van der Waals surface area contributed by atoms with Gasteiger partial charge in [0.05, 0.1) is 0 Å². The standard InChI is InChI=1S/C21H25N5O/c1-16-23-24-21(27-16)18-5-3-4-17(14-18)15-25(2)19-8-12-26(13-9-19)20-6-10-22-11-7-20/h3-7,10-11,14,19H,8-9,12-13,15H2,1-2H3. The smallest absolute Gasteiger partial charge is 0.247 e. The second-order valence-electron chi connectivity index (χ2n) is 7.17. The predicted molar refractivity (Wildman–Crippen MR) is 105 cm³/mol. The first kappa shape index (κ1) is 17.7. The van der Waals surface area contributed by atoms with E-state index >= 15 is 0 Å². The van der Waals surface area contributed by atoms with E-state index in [0.717, 1.165) is 25.2 Å². The first-order valence-electron chi connectivity index (χ1n) is 9.43. The van der Waals surface area contributed by atoms with E-state index in [4.69, 9.17) is 4.42 Å². The van der Waals surface area contributed by atoms with Gasteiger partial charge in [0.25, 0.3) is 0 Å². The van der Waals surface area contributed by atoms with Crippen LogP contribution in [-0.2, 0) is 6.54 Å². The van der Waals surface area contributed by atoms with Crippen molar-refractivity contribution in [1.82, 2.24) is 20.1 Å². The molecule has 27 heavy (non-hydrogen) atoms. The van der Waals surface area contributed by atoms with E-state index in [2.05, 4.69) is 62.4 Å². The summed E-state index contributed by atoms with van der Waals surface area (Å²) >= 11 is 0. The Kier molecular flexibility index (Phi) is 5.16. The van der Waals surface area contributed by atoms with Gasteiger partial charge in [-0.15, -0.1) is 10.2 Å². The van der Waals surface area contributed by atoms with Crippen molar-refractivity contribution in [3.05, 3.63) is 60.2 Å². The number of aryl methyl sites for hydroxylation is 1. The average molecular weight is 363 g/mol.